The van der Waals surface area contributed by atoms with Crippen LogP contribution >= 0.6 is 0 Å². The Morgan fingerprint density at radius 3 is 2.43 bits per heavy atom. The fourth-order valence-corrected chi connectivity index (χ4v) is 4.43. The molecule has 0 bridgehead atoms. The van der Waals surface area contributed by atoms with E-state index >= 15 is 0 Å². The molecule has 2 aromatic heterocycles. The van der Waals surface area contributed by atoms with Crippen LogP contribution in [0.15, 0.2) is 12.1 Å². The lowest BCUT2D eigenvalue weighted by Gasteiger charge is -2.34. The minimum absolute atomic E-state index is 0.432. The average Bonchev–Trinajstić information content (AvgIpc) is 3.22. The monoisotopic (exact) mass is 380 g/mol. The largest absolute Gasteiger partial charge is 0.357 e. The number of piperidine rings is 1. The van der Waals surface area contributed by atoms with Gasteiger partial charge >= 0.3 is 0 Å². The predicted octanol–water partition coefficient (Wildman–Crippen LogP) is 3.82. The van der Waals surface area contributed by atoms with Gasteiger partial charge in [-0.05, 0) is 46.0 Å². The van der Waals surface area contributed by atoms with Crippen molar-refractivity contribution in [1.82, 2.24) is 19.9 Å². The number of rotatable bonds is 5. The Morgan fingerprint density at radius 1 is 0.893 bits per heavy atom. The first-order valence-corrected chi connectivity index (χ1v) is 10.8. The van der Waals surface area contributed by atoms with Crippen molar-refractivity contribution in [2.24, 2.45) is 0 Å². The molecule has 0 radical (unpaired) electrons. The van der Waals surface area contributed by atoms with E-state index < -0.39 is 0 Å². The van der Waals surface area contributed by atoms with E-state index in [4.69, 9.17) is 15.0 Å². The third kappa shape index (κ3) is 4.26. The molecule has 2 aliphatic heterocycles. The molecule has 0 saturated carbocycles. The quantitative estimate of drug-likeness (QED) is 0.786. The van der Waals surface area contributed by atoms with Gasteiger partial charge in [-0.1, -0.05) is 6.92 Å². The fourth-order valence-electron chi connectivity index (χ4n) is 4.43. The Kier molecular flexibility index (Phi) is 5.74. The van der Waals surface area contributed by atoms with E-state index in [2.05, 4.69) is 40.8 Å². The summed E-state index contributed by atoms with van der Waals surface area (Å²) < 4.78 is 0. The summed E-state index contributed by atoms with van der Waals surface area (Å²) in [5.41, 5.74) is 2.25. The normalized spacial score (nSPS) is 20.0. The number of nitrogens with zero attached hydrogens (tertiary/aromatic N) is 6. The van der Waals surface area contributed by atoms with Gasteiger partial charge in [-0.3, -0.25) is 0 Å². The molecule has 4 heterocycles. The smallest absolute Gasteiger partial charge is 0.132 e. The van der Waals surface area contributed by atoms with E-state index in [0.29, 0.717) is 5.92 Å². The van der Waals surface area contributed by atoms with Crippen LogP contribution in [0, 0.1) is 13.8 Å². The molecule has 0 amide bonds. The SMILES string of the molecule is CCCc1nc(C)cc(N2CCCC(c3cc(N4CCCC4)nc(C)n3)C2)n1. The average molecular weight is 381 g/mol. The number of anilines is 2. The van der Waals surface area contributed by atoms with Gasteiger partial charge in [0, 0.05) is 56.3 Å². The van der Waals surface area contributed by atoms with E-state index in [-0.39, 0.29) is 0 Å². The van der Waals surface area contributed by atoms with Gasteiger partial charge in [0.05, 0.1) is 5.69 Å². The third-order valence-electron chi connectivity index (χ3n) is 5.80. The van der Waals surface area contributed by atoms with Gasteiger partial charge < -0.3 is 9.80 Å². The van der Waals surface area contributed by atoms with Crippen LogP contribution in [0.2, 0.25) is 0 Å². The standard InChI is InChI=1S/C22H32N6/c1-4-8-20-23-16(2)13-21(26-20)28-12-7-9-18(15-28)19-14-22(25-17(3)24-19)27-10-5-6-11-27/h13-14,18H,4-12,15H2,1-3H3. The zero-order valence-electron chi connectivity index (χ0n) is 17.5. The number of aromatic nitrogens is 4. The fraction of sp³-hybridized carbons (Fsp3) is 0.636. The van der Waals surface area contributed by atoms with Crippen LogP contribution in [0.3, 0.4) is 0 Å². The molecule has 6 nitrogen and oxygen atoms in total. The summed E-state index contributed by atoms with van der Waals surface area (Å²) in [6.07, 6.45) is 6.89. The summed E-state index contributed by atoms with van der Waals surface area (Å²) in [7, 11) is 0. The first kappa shape index (κ1) is 19.1. The highest BCUT2D eigenvalue weighted by Crippen LogP contribution is 2.30. The molecule has 6 heteroatoms. The number of hydrogen-bond donors (Lipinski definition) is 0. The lowest BCUT2D eigenvalue weighted by atomic mass is 9.94. The van der Waals surface area contributed by atoms with Gasteiger partial charge in [0.2, 0.25) is 0 Å². The van der Waals surface area contributed by atoms with E-state index in [1.54, 1.807) is 0 Å². The van der Waals surface area contributed by atoms with E-state index in [0.717, 1.165) is 68.0 Å². The van der Waals surface area contributed by atoms with Crippen LogP contribution in [-0.2, 0) is 6.42 Å². The summed E-state index contributed by atoms with van der Waals surface area (Å²) in [6.45, 7) is 10.5. The first-order valence-electron chi connectivity index (χ1n) is 10.8. The molecular weight excluding hydrogens is 348 g/mol. The maximum Gasteiger partial charge on any atom is 0.132 e. The van der Waals surface area contributed by atoms with Crippen LogP contribution in [0.5, 0.6) is 0 Å². The minimum atomic E-state index is 0.432. The van der Waals surface area contributed by atoms with Crippen LogP contribution < -0.4 is 9.80 Å². The van der Waals surface area contributed by atoms with Gasteiger partial charge in [-0.15, -0.1) is 0 Å². The van der Waals surface area contributed by atoms with E-state index in [1.165, 1.54) is 31.4 Å². The summed E-state index contributed by atoms with van der Waals surface area (Å²) in [5.74, 6) is 4.47. The molecule has 2 fully saturated rings. The highest BCUT2D eigenvalue weighted by Gasteiger charge is 2.25. The Balaban J connectivity index is 1.56. The van der Waals surface area contributed by atoms with Crippen molar-refractivity contribution in [3.05, 3.63) is 35.2 Å². The molecule has 2 saturated heterocycles. The maximum atomic E-state index is 4.85. The van der Waals surface area contributed by atoms with Crippen LogP contribution in [0.4, 0.5) is 11.6 Å². The van der Waals surface area contributed by atoms with Crippen molar-refractivity contribution in [3.63, 3.8) is 0 Å². The van der Waals surface area contributed by atoms with Crippen molar-refractivity contribution in [1.29, 1.82) is 0 Å². The molecule has 1 unspecified atom stereocenters. The van der Waals surface area contributed by atoms with Gasteiger partial charge in [-0.25, -0.2) is 19.9 Å². The summed E-state index contributed by atoms with van der Waals surface area (Å²) >= 11 is 0. The molecule has 4 rings (SSSR count). The first-order chi connectivity index (χ1) is 13.6. The molecule has 0 aliphatic carbocycles. The summed E-state index contributed by atoms with van der Waals surface area (Å²) in [5, 5.41) is 0. The molecule has 1 atom stereocenters. The predicted molar refractivity (Wildman–Crippen MR) is 113 cm³/mol. The maximum absolute atomic E-state index is 4.85. The Hall–Kier alpha value is -2.24. The minimum Gasteiger partial charge on any atom is -0.357 e. The van der Waals surface area contributed by atoms with Crippen molar-refractivity contribution in [3.8, 4) is 0 Å². The van der Waals surface area contributed by atoms with Gasteiger partial charge in [0.25, 0.3) is 0 Å². The van der Waals surface area contributed by atoms with Crippen molar-refractivity contribution < 1.29 is 0 Å². The second-order valence-electron chi connectivity index (χ2n) is 8.21. The molecule has 0 aromatic carbocycles. The lowest BCUT2D eigenvalue weighted by Crippen LogP contribution is -2.35. The molecule has 2 aromatic rings. The van der Waals surface area contributed by atoms with Crippen molar-refractivity contribution >= 4 is 11.6 Å². The van der Waals surface area contributed by atoms with Gasteiger partial charge in [-0.2, -0.15) is 0 Å². The zero-order chi connectivity index (χ0) is 19.5. The van der Waals surface area contributed by atoms with E-state index in [9.17, 15) is 0 Å². The van der Waals surface area contributed by atoms with Crippen LogP contribution in [0.25, 0.3) is 0 Å². The topological polar surface area (TPSA) is 58.0 Å². The molecular formula is C22H32N6. The Labute approximate surface area is 168 Å². The summed E-state index contributed by atoms with van der Waals surface area (Å²) in [4.78, 5) is 23.8. The van der Waals surface area contributed by atoms with Crippen molar-refractivity contribution in [2.45, 2.75) is 65.2 Å². The molecule has 0 spiro atoms. The zero-order valence-corrected chi connectivity index (χ0v) is 17.5. The second-order valence-corrected chi connectivity index (χ2v) is 8.21. The number of hydrogen-bond acceptors (Lipinski definition) is 6. The van der Waals surface area contributed by atoms with Crippen LogP contribution in [0.1, 0.15) is 68.0 Å². The lowest BCUT2D eigenvalue weighted by molar-refractivity contribution is 0.496. The van der Waals surface area contributed by atoms with Gasteiger partial charge in [0.15, 0.2) is 0 Å². The highest BCUT2D eigenvalue weighted by molar-refractivity contribution is 5.44. The molecule has 150 valence electrons. The Morgan fingerprint density at radius 2 is 1.64 bits per heavy atom. The van der Waals surface area contributed by atoms with E-state index in [1.807, 2.05) is 6.92 Å². The summed E-state index contributed by atoms with van der Waals surface area (Å²) in [6, 6.07) is 4.36. The molecule has 2 aliphatic rings. The second kappa shape index (κ2) is 8.41. The molecule has 0 N–H and O–H groups in total. The highest BCUT2D eigenvalue weighted by atomic mass is 15.2. The molecule has 28 heavy (non-hydrogen) atoms. The van der Waals surface area contributed by atoms with Crippen molar-refractivity contribution in [2.75, 3.05) is 36.0 Å². The van der Waals surface area contributed by atoms with Gasteiger partial charge in [0.1, 0.15) is 23.3 Å². The Bertz CT molecular complexity index is 815. The number of aryl methyl sites for hydroxylation is 3. The third-order valence-corrected chi connectivity index (χ3v) is 5.80. The van der Waals surface area contributed by atoms with Crippen LogP contribution in [-0.4, -0.2) is 46.1 Å².